The van der Waals surface area contributed by atoms with Gasteiger partial charge in [-0.3, -0.25) is 4.98 Å². The van der Waals surface area contributed by atoms with E-state index in [9.17, 15) is 4.39 Å². The van der Waals surface area contributed by atoms with Gasteiger partial charge in [0.05, 0.1) is 12.7 Å². The maximum absolute atomic E-state index is 12.8. The van der Waals surface area contributed by atoms with Crippen LogP contribution in [0.15, 0.2) is 35.0 Å². The van der Waals surface area contributed by atoms with E-state index in [2.05, 4.69) is 10.3 Å². The van der Waals surface area contributed by atoms with E-state index in [1.54, 1.807) is 6.20 Å². The van der Waals surface area contributed by atoms with Crippen molar-refractivity contribution in [3.63, 3.8) is 0 Å². The molecule has 2 heterocycles. The van der Waals surface area contributed by atoms with Crippen LogP contribution in [0.4, 0.5) is 4.39 Å². The fourth-order valence-corrected chi connectivity index (χ4v) is 1.46. The Morgan fingerprint density at radius 3 is 2.88 bits per heavy atom. The average Bonchev–Trinajstić information content (AvgIpc) is 2.64. The maximum Gasteiger partial charge on any atom is 0.141 e. The van der Waals surface area contributed by atoms with Gasteiger partial charge in [0, 0.05) is 12.7 Å². The predicted octanol–water partition coefficient (Wildman–Crippen LogP) is 2.41. The van der Waals surface area contributed by atoms with Crippen molar-refractivity contribution >= 4 is 0 Å². The van der Waals surface area contributed by atoms with Gasteiger partial charge in [0.2, 0.25) is 0 Å². The molecule has 0 spiro atoms. The molecule has 2 aromatic rings. The Kier molecular flexibility index (Phi) is 3.31. The van der Waals surface area contributed by atoms with E-state index in [-0.39, 0.29) is 5.82 Å². The molecule has 84 valence electrons. The Hall–Kier alpha value is -1.68. The summed E-state index contributed by atoms with van der Waals surface area (Å²) >= 11 is 0. The first-order chi connectivity index (χ1) is 7.74. The van der Waals surface area contributed by atoms with Gasteiger partial charge in [-0.2, -0.15) is 0 Å². The number of nitrogens with zero attached hydrogens (tertiary/aromatic N) is 1. The highest BCUT2D eigenvalue weighted by atomic mass is 19.1. The van der Waals surface area contributed by atoms with Crippen LogP contribution >= 0.6 is 0 Å². The minimum Gasteiger partial charge on any atom is -0.465 e. The van der Waals surface area contributed by atoms with Crippen LogP contribution in [0.25, 0.3) is 0 Å². The monoisotopic (exact) mass is 220 g/mol. The molecule has 4 heteroatoms. The van der Waals surface area contributed by atoms with E-state index in [1.165, 1.54) is 12.3 Å². The van der Waals surface area contributed by atoms with Gasteiger partial charge in [0.1, 0.15) is 17.3 Å². The molecule has 0 aromatic carbocycles. The topological polar surface area (TPSA) is 38.1 Å². The van der Waals surface area contributed by atoms with Crippen LogP contribution in [0.1, 0.15) is 17.1 Å². The van der Waals surface area contributed by atoms with E-state index < -0.39 is 0 Å². The highest BCUT2D eigenvalue weighted by Gasteiger charge is 1.99. The molecule has 0 amide bonds. The van der Waals surface area contributed by atoms with Crippen LogP contribution in [-0.2, 0) is 13.1 Å². The van der Waals surface area contributed by atoms with Crippen molar-refractivity contribution < 1.29 is 8.81 Å². The Labute approximate surface area is 93.3 Å². The first-order valence-corrected chi connectivity index (χ1v) is 5.09. The third kappa shape index (κ3) is 2.90. The Morgan fingerprint density at radius 1 is 1.31 bits per heavy atom. The zero-order valence-electron chi connectivity index (χ0n) is 9.03. The van der Waals surface area contributed by atoms with Crippen molar-refractivity contribution in [2.45, 2.75) is 20.0 Å². The molecule has 0 aliphatic heterocycles. The Balaban J connectivity index is 1.84. The SMILES string of the molecule is Cc1ccc(CNCc2cncc(F)c2)o1. The maximum atomic E-state index is 12.8. The molecule has 2 rings (SSSR count). The third-order valence-corrected chi connectivity index (χ3v) is 2.19. The molecule has 0 radical (unpaired) electrons. The lowest BCUT2D eigenvalue weighted by Gasteiger charge is -2.02. The molecule has 0 bridgehead atoms. The molecule has 0 aliphatic rings. The number of aromatic nitrogens is 1. The summed E-state index contributed by atoms with van der Waals surface area (Å²) in [6.45, 7) is 3.11. The van der Waals surface area contributed by atoms with Crippen LogP contribution in [-0.4, -0.2) is 4.98 Å². The van der Waals surface area contributed by atoms with E-state index >= 15 is 0 Å². The predicted molar refractivity (Wildman–Crippen MR) is 58.2 cm³/mol. The lowest BCUT2D eigenvalue weighted by atomic mass is 10.3. The van der Waals surface area contributed by atoms with Gasteiger partial charge in [-0.05, 0) is 30.7 Å². The molecule has 0 saturated heterocycles. The largest absolute Gasteiger partial charge is 0.465 e. The summed E-state index contributed by atoms with van der Waals surface area (Å²) in [6, 6.07) is 5.31. The van der Waals surface area contributed by atoms with Crippen molar-refractivity contribution in [1.82, 2.24) is 10.3 Å². The van der Waals surface area contributed by atoms with Crippen LogP contribution in [0.5, 0.6) is 0 Å². The first-order valence-electron chi connectivity index (χ1n) is 5.09. The highest BCUT2D eigenvalue weighted by Crippen LogP contribution is 2.06. The number of hydrogen-bond donors (Lipinski definition) is 1. The Morgan fingerprint density at radius 2 is 2.19 bits per heavy atom. The van der Waals surface area contributed by atoms with Crippen molar-refractivity contribution in [1.29, 1.82) is 0 Å². The zero-order chi connectivity index (χ0) is 11.4. The van der Waals surface area contributed by atoms with Gasteiger partial charge in [-0.15, -0.1) is 0 Å². The van der Waals surface area contributed by atoms with E-state index in [0.717, 1.165) is 17.1 Å². The van der Waals surface area contributed by atoms with Gasteiger partial charge in [-0.1, -0.05) is 0 Å². The van der Waals surface area contributed by atoms with Crippen LogP contribution in [0.2, 0.25) is 0 Å². The lowest BCUT2D eigenvalue weighted by molar-refractivity contribution is 0.461. The summed E-state index contributed by atoms with van der Waals surface area (Å²) < 4.78 is 18.2. The van der Waals surface area contributed by atoms with Gasteiger partial charge in [0.15, 0.2) is 0 Å². The number of hydrogen-bond acceptors (Lipinski definition) is 3. The van der Waals surface area contributed by atoms with Crippen molar-refractivity contribution in [3.05, 3.63) is 53.5 Å². The molecule has 0 saturated carbocycles. The summed E-state index contributed by atoms with van der Waals surface area (Å²) in [5, 5.41) is 3.16. The van der Waals surface area contributed by atoms with E-state index in [1.807, 2.05) is 19.1 Å². The van der Waals surface area contributed by atoms with Crippen LogP contribution < -0.4 is 5.32 Å². The molecule has 3 nitrogen and oxygen atoms in total. The third-order valence-electron chi connectivity index (χ3n) is 2.19. The quantitative estimate of drug-likeness (QED) is 0.859. The fourth-order valence-electron chi connectivity index (χ4n) is 1.46. The van der Waals surface area contributed by atoms with E-state index in [4.69, 9.17) is 4.42 Å². The highest BCUT2D eigenvalue weighted by molar-refractivity contribution is 5.10. The molecule has 0 unspecified atom stereocenters. The molecular formula is C12H13FN2O. The van der Waals surface area contributed by atoms with Crippen LogP contribution in [0, 0.1) is 12.7 Å². The minimum absolute atomic E-state index is 0.312. The smallest absolute Gasteiger partial charge is 0.141 e. The van der Waals surface area contributed by atoms with Crippen molar-refractivity contribution in [2.75, 3.05) is 0 Å². The molecule has 1 N–H and O–H groups in total. The van der Waals surface area contributed by atoms with Crippen molar-refractivity contribution in [2.24, 2.45) is 0 Å². The Bertz CT molecular complexity index is 468. The first kappa shape index (κ1) is 10.8. The summed E-state index contributed by atoms with van der Waals surface area (Å²) in [5.74, 6) is 1.46. The molecule has 0 aliphatic carbocycles. The molecule has 2 aromatic heterocycles. The van der Waals surface area contributed by atoms with Gasteiger partial charge in [0.25, 0.3) is 0 Å². The standard InChI is InChI=1S/C12H13FN2O/c1-9-2-3-12(16-9)8-15-6-10-4-11(13)7-14-5-10/h2-5,7,15H,6,8H2,1H3. The normalized spacial score (nSPS) is 10.6. The zero-order valence-corrected chi connectivity index (χ0v) is 9.03. The molecular weight excluding hydrogens is 207 g/mol. The molecule has 0 atom stereocenters. The molecule has 0 fully saturated rings. The van der Waals surface area contributed by atoms with Crippen LogP contribution in [0.3, 0.4) is 0 Å². The van der Waals surface area contributed by atoms with E-state index in [0.29, 0.717) is 13.1 Å². The second-order valence-electron chi connectivity index (χ2n) is 3.63. The van der Waals surface area contributed by atoms with Crippen molar-refractivity contribution in [3.8, 4) is 0 Å². The van der Waals surface area contributed by atoms with Gasteiger partial charge in [-0.25, -0.2) is 4.39 Å². The number of rotatable bonds is 4. The van der Waals surface area contributed by atoms with Gasteiger partial charge < -0.3 is 9.73 Å². The summed E-state index contributed by atoms with van der Waals surface area (Å²) in [6.07, 6.45) is 2.84. The summed E-state index contributed by atoms with van der Waals surface area (Å²) in [4.78, 5) is 3.78. The number of aryl methyl sites for hydroxylation is 1. The summed E-state index contributed by atoms with van der Waals surface area (Å²) in [5.41, 5.74) is 0.822. The number of pyridine rings is 1. The second kappa shape index (κ2) is 4.90. The molecule has 16 heavy (non-hydrogen) atoms. The average molecular weight is 220 g/mol. The lowest BCUT2D eigenvalue weighted by Crippen LogP contribution is -2.12. The summed E-state index contributed by atoms with van der Waals surface area (Å²) in [7, 11) is 0. The number of nitrogens with one attached hydrogen (secondary N) is 1. The second-order valence-corrected chi connectivity index (χ2v) is 3.63. The number of furan rings is 1. The number of halogens is 1. The fraction of sp³-hybridized carbons (Fsp3) is 0.250. The minimum atomic E-state index is -0.312. The van der Waals surface area contributed by atoms with Gasteiger partial charge >= 0.3 is 0 Å².